The molecule has 7 N–H and O–H groups in total. The highest BCUT2D eigenvalue weighted by Gasteiger charge is 2.18. The van der Waals surface area contributed by atoms with Gasteiger partial charge in [-0.05, 0) is 38.8 Å². The Morgan fingerprint density at radius 2 is 0.880 bits per heavy atom. The number of hydrogen-bond acceptors (Lipinski definition) is 3. The summed E-state index contributed by atoms with van der Waals surface area (Å²) < 4.78 is 8.88. The summed E-state index contributed by atoms with van der Waals surface area (Å²) in [7, 11) is -4.64. The average molecular weight is 366 g/mol. The highest BCUT2D eigenvalue weighted by atomic mass is 31.2. The lowest BCUT2D eigenvalue weighted by atomic mass is 9.91. The number of hydrogen-bond donors (Lipinski definition) is 5. The molecule has 2 aromatic rings. The van der Waals surface area contributed by atoms with Crippen molar-refractivity contribution in [2.75, 3.05) is 0 Å². The van der Waals surface area contributed by atoms with Gasteiger partial charge in [-0.2, -0.15) is 0 Å². The van der Waals surface area contributed by atoms with Crippen LogP contribution < -0.4 is 11.5 Å². The van der Waals surface area contributed by atoms with Gasteiger partial charge in [0.15, 0.2) is 0 Å². The minimum atomic E-state index is -4.64. The normalized spacial score (nSPS) is 13.6. The van der Waals surface area contributed by atoms with Crippen LogP contribution in [0.1, 0.15) is 45.5 Å². The molecule has 2 rings (SSSR count). The van der Waals surface area contributed by atoms with Gasteiger partial charge < -0.3 is 26.1 Å². The summed E-state index contributed by atoms with van der Waals surface area (Å²) in [5.41, 5.74) is 19.9. The Morgan fingerprint density at radius 3 is 1.08 bits per heavy atom. The molecule has 0 fully saturated rings. The maximum Gasteiger partial charge on any atom is 0.466 e. The minimum Gasteiger partial charge on any atom is -0.322 e. The molecule has 0 unspecified atom stereocenters. The molecule has 0 aliphatic heterocycles. The van der Waals surface area contributed by atoms with Crippen LogP contribution in [0.4, 0.5) is 0 Å². The fourth-order valence-corrected chi connectivity index (χ4v) is 2.82. The van der Waals surface area contributed by atoms with Crippen molar-refractivity contribution in [3.05, 3.63) is 69.8 Å². The summed E-state index contributed by atoms with van der Waals surface area (Å²) in [6, 6.07) is 12.4. The highest BCUT2D eigenvalue weighted by molar-refractivity contribution is 7.45. The molecule has 0 amide bonds. The van der Waals surface area contributed by atoms with E-state index in [1.54, 1.807) is 0 Å². The van der Waals surface area contributed by atoms with E-state index in [1.807, 2.05) is 0 Å². The first kappa shape index (κ1) is 21.5. The monoisotopic (exact) mass is 366 g/mol. The van der Waals surface area contributed by atoms with Crippen LogP contribution in [0.2, 0.25) is 0 Å². The molecule has 0 saturated carbocycles. The number of benzene rings is 2. The van der Waals surface area contributed by atoms with Gasteiger partial charge in [0.2, 0.25) is 0 Å². The average Bonchev–Trinajstić information content (AvgIpc) is 2.41. The summed E-state index contributed by atoms with van der Waals surface area (Å²) in [4.78, 5) is 21.6. The molecule has 0 bridgehead atoms. The molecule has 0 aromatic heterocycles. The predicted molar refractivity (Wildman–Crippen MR) is 100.0 cm³/mol. The second-order valence-electron chi connectivity index (χ2n) is 6.41. The summed E-state index contributed by atoms with van der Waals surface area (Å²) >= 11 is 0. The van der Waals surface area contributed by atoms with E-state index in [-0.39, 0.29) is 12.1 Å². The van der Waals surface area contributed by atoms with E-state index in [0.29, 0.717) is 0 Å². The van der Waals surface area contributed by atoms with Crippen LogP contribution >= 0.6 is 7.82 Å². The van der Waals surface area contributed by atoms with Gasteiger partial charge in [-0.15, -0.1) is 0 Å². The van der Waals surface area contributed by atoms with Gasteiger partial charge in [-0.25, -0.2) is 4.57 Å². The van der Waals surface area contributed by atoms with Crippen molar-refractivity contribution < 1.29 is 19.2 Å². The third-order valence-electron chi connectivity index (χ3n) is 3.64. The first-order chi connectivity index (χ1) is 11.4. The lowest BCUT2D eigenvalue weighted by Gasteiger charge is -2.22. The summed E-state index contributed by atoms with van der Waals surface area (Å²) in [6.07, 6.45) is 0. The molecular formula is C18H27N2O4P. The molecule has 0 aliphatic rings. The molecule has 0 heterocycles. The van der Waals surface area contributed by atoms with Crippen molar-refractivity contribution in [1.82, 2.24) is 0 Å². The minimum absolute atomic E-state index is 0.185. The van der Waals surface area contributed by atoms with Crippen LogP contribution in [-0.2, 0) is 4.57 Å². The Labute approximate surface area is 148 Å². The zero-order chi connectivity index (χ0) is 19.4. The molecule has 6 nitrogen and oxygen atoms in total. The SMILES string of the molecule is Cc1cc(C)cc([C@H](N)[C@@H](N)c2cc(C)cc(C)c2)c1.O=P(O)(O)O. The van der Waals surface area contributed by atoms with Crippen LogP contribution in [0.15, 0.2) is 36.4 Å². The quantitative estimate of drug-likeness (QED) is 0.531. The number of phosphoric acid groups is 1. The van der Waals surface area contributed by atoms with Crippen molar-refractivity contribution in [2.45, 2.75) is 39.8 Å². The van der Waals surface area contributed by atoms with E-state index in [0.717, 1.165) is 11.1 Å². The molecule has 138 valence electrons. The van der Waals surface area contributed by atoms with Gasteiger partial charge >= 0.3 is 7.82 Å². The van der Waals surface area contributed by atoms with E-state index in [4.69, 9.17) is 30.7 Å². The van der Waals surface area contributed by atoms with Gasteiger partial charge in [0.1, 0.15) is 0 Å². The first-order valence-electron chi connectivity index (χ1n) is 7.82. The molecule has 25 heavy (non-hydrogen) atoms. The van der Waals surface area contributed by atoms with Gasteiger partial charge in [0.05, 0.1) is 0 Å². The highest BCUT2D eigenvalue weighted by Crippen LogP contribution is 2.27. The van der Waals surface area contributed by atoms with Crippen molar-refractivity contribution in [3.8, 4) is 0 Å². The maximum atomic E-state index is 8.88. The standard InChI is InChI=1S/C18H24N2.H3O4P/c1-11-5-12(2)8-15(7-11)17(19)18(20)16-9-13(3)6-14(4)10-16;1-5(2,3)4/h5-10,17-18H,19-20H2,1-4H3;(H3,1,2,3,4)/t17-,18-;/m0./s1. The fourth-order valence-electron chi connectivity index (χ4n) is 2.82. The van der Waals surface area contributed by atoms with E-state index in [1.165, 1.54) is 22.3 Å². The van der Waals surface area contributed by atoms with E-state index < -0.39 is 7.82 Å². The Hall–Kier alpha value is -1.53. The lowest BCUT2D eigenvalue weighted by Crippen LogP contribution is -2.26. The number of nitrogens with two attached hydrogens (primary N) is 2. The Kier molecular flexibility index (Phi) is 7.50. The van der Waals surface area contributed by atoms with Crippen LogP contribution in [0.25, 0.3) is 0 Å². The summed E-state index contributed by atoms with van der Waals surface area (Å²) in [5.74, 6) is 0. The van der Waals surface area contributed by atoms with Gasteiger partial charge in [-0.1, -0.05) is 58.7 Å². The largest absolute Gasteiger partial charge is 0.466 e. The van der Waals surface area contributed by atoms with Crippen molar-refractivity contribution in [3.63, 3.8) is 0 Å². The van der Waals surface area contributed by atoms with Crippen molar-refractivity contribution in [1.29, 1.82) is 0 Å². The maximum absolute atomic E-state index is 8.88. The molecule has 0 spiro atoms. The Morgan fingerprint density at radius 1 is 0.680 bits per heavy atom. The molecule has 0 radical (unpaired) electrons. The smallest absolute Gasteiger partial charge is 0.322 e. The Balaban J connectivity index is 0.000000550. The van der Waals surface area contributed by atoms with E-state index >= 15 is 0 Å². The number of rotatable bonds is 3. The van der Waals surface area contributed by atoms with Crippen LogP contribution in [-0.4, -0.2) is 14.7 Å². The molecule has 7 heteroatoms. The van der Waals surface area contributed by atoms with Gasteiger partial charge in [0.25, 0.3) is 0 Å². The van der Waals surface area contributed by atoms with Gasteiger partial charge in [-0.3, -0.25) is 0 Å². The molecule has 2 atom stereocenters. The zero-order valence-corrected chi connectivity index (χ0v) is 15.9. The van der Waals surface area contributed by atoms with Crippen LogP contribution in [0.5, 0.6) is 0 Å². The second kappa shape index (κ2) is 8.72. The van der Waals surface area contributed by atoms with Crippen molar-refractivity contribution in [2.24, 2.45) is 11.5 Å². The van der Waals surface area contributed by atoms with Crippen LogP contribution in [0.3, 0.4) is 0 Å². The summed E-state index contributed by atoms with van der Waals surface area (Å²) in [6.45, 7) is 8.36. The lowest BCUT2D eigenvalue weighted by molar-refractivity contribution is 0.275. The topological polar surface area (TPSA) is 130 Å². The number of aryl methyl sites for hydroxylation is 4. The fraction of sp³-hybridized carbons (Fsp3) is 0.333. The third-order valence-corrected chi connectivity index (χ3v) is 3.64. The van der Waals surface area contributed by atoms with E-state index in [2.05, 4.69) is 64.1 Å². The molecule has 2 aromatic carbocycles. The third kappa shape index (κ3) is 7.92. The van der Waals surface area contributed by atoms with Crippen molar-refractivity contribution >= 4 is 7.82 Å². The zero-order valence-electron chi connectivity index (χ0n) is 15.0. The molecule has 0 saturated heterocycles. The second-order valence-corrected chi connectivity index (χ2v) is 7.43. The first-order valence-corrected chi connectivity index (χ1v) is 9.39. The van der Waals surface area contributed by atoms with Gasteiger partial charge in [0, 0.05) is 12.1 Å². The molecule has 0 aliphatic carbocycles. The predicted octanol–water partition coefficient (Wildman–Crippen LogP) is 2.69. The van der Waals surface area contributed by atoms with E-state index in [9.17, 15) is 0 Å². The van der Waals surface area contributed by atoms with Crippen LogP contribution in [0, 0.1) is 27.7 Å². The summed E-state index contributed by atoms with van der Waals surface area (Å²) in [5, 5.41) is 0. The Bertz CT molecular complexity index is 669. The molecular weight excluding hydrogens is 339 g/mol.